The van der Waals surface area contributed by atoms with Gasteiger partial charge in [0.2, 0.25) is 0 Å². The van der Waals surface area contributed by atoms with Crippen molar-refractivity contribution in [2.24, 2.45) is 0 Å². The predicted octanol–water partition coefficient (Wildman–Crippen LogP) is 7.22. The summed E-state index contributed by atoms with van der Waals surface area (Å²) in [5.74, 6) is -0.651. The van der Waals surface area contributed by atoms with Crippen LogP contribution < -0.4 is 0 Å². The van der Waals surface area contributed by atoms with Crippen molar-refractivity contribution in [2.45, 2.75) is 89.9 Å². The molecule has 1 fully saturated rings. The lowest BCUT2D eigenvalue weighted by Gasteiger charge is -2.16. The van der Waals surface area contributed by atoms with Crippen LogP contribution >= 0.6 is 0 Å². The van der Waals surface area contributed by atoms with Gasteiger partial charge >= 0.3 is 5.97 Å². The van der Waals surface area contributed by atoms with Gasteiger partial charge in [-0.15, -0.1) is 0 Å². The van der Waals surface area contributed by atoms with E-state index in [9.17, 15) is 9.59 Å². The standard InChI is InChI=1S/C32H42O5/c1-32(2)36-25-29(37-32)24-35-30(33)19-15-10-8-6-4-3-5-7-9-12-16-26-20-22-28(23-21-26)31(34)27-17-13-11-14-18-27/h5,7,11,13-14,17-18,20-23,29H,3-4,6,8-10,12,15-16,19,24-25H2,1-2H3/b7-5-/t29-/m1/s1. The maximum Gasteiger partial charge on any atom is 0.305 e. The summed E-state index contributed by atoms with van der Waals surface area (Å²) in [7, 11) is 0. The average Bonchev–Trinajstić information content (AvgIpc) is 3.27. The first-order chi connectivity index (χ1) is 17.9. The summed E-state index contributed by atoms with van der Waals surface area (Å²) in [5, 5.41) is 0. The maximum atomic E-state index is 12.5. The van der Waals surface area contributed by atoms with Crippen LogP contribution in [0.1, 0.15) is 93.1 Å². The van der Waals surface area contributed by atoms with E-state index in [0.29, 0.717) is 13.0 Å². The molecule has 0 spiro atoms. The SMILES string of the molecule is CC1(C)OC[C@@H](COC(=O)CCCCCCC/C=C\CCCc2ccc(C(=O)c3ccccc3)cc2)O1. The third-order valence-electron chi connectivity index (χ3n) is 6.50. The van der Waals surface area contributed by atoms with Crippen molar-refractivity contribution in [3.05, 3.63) is 83.4 Å². The van der Waals surface area contributed by atoms with Crippen molar-refractivity contribution >= 4 is 11.8 Å². The highest BCUT2D eigenvalue weighted by atomic mass is 16.7. The Bertz CT molecular complexity index is 978. The number of hydrogen-bond donors (Lipinski definition) is 0. The van der Waals surface area contributed by atoms with E-state index in [1.807, 2.05) is 56.3 Å². The second-order valence-electron chi connectivity index (χ2n) is 10.2. The fourth-order valence-electron chi connectivity index (χ4n) is 4.40. The molecule has 0 saturated carbocycles. The van der Waals surface area contributed by atoms with Crippen molar-refractivity contribution in [3.63, 3.8) is 0 Å². The third kappa shape index (κ3) is 11.0. The lowest BCUT2D eigenvalue weighted by atomic mass is 10.0. The second kappa shape index (κ2) is 15.5. The van der Waals surface area contributed by atoms with Crippen molar-refractivity contribution in [2.75, 3.05) is 13.2 Å². The van der Waals surface area contributed by atoms with E-state index >= 15 is 0 Å². The Labute approximate surface area is 222 Å². The van der Waals surface area contributed by atoms with Gasteiger partial charge in [0.05, 0.1) is 6.61 Å². The third-order valence-corrected chi connectivity index (χ3v) is 6.50. The van der Waals surface area contributed by atoms with Crippen LogP contribution in [0.4, 0.5) is 0 Å². The molecule has 1 saturated heterocycles. The number of rotatable bonds is 16. The average molecular weight is 507 g/mol. The highest BCUT2D eigenvalue weighted by molar-refractivity contribution is 6.08. The Hall–Kier alpha value is -2.76. The molecule has 0 aliphatic carbocycles. The molecule has 200 valence electrons. The molecule has 37 heavy (non-hydrogen) atoms. The van der Waals surface area contributed by atoms with Crippen molar-refractivity contribution < 1.29 is 23.8 Å². The first-order valence-electron chi connectivity index (χ1n) is 13.7. The Balaban J connectivity index is 1.14. The molecule has 2 aromatic rings. The first kappa shape index (κ1) is 28.8. The highest BCUT2D eigenvalue weighted by Gasteiger charge is 2.33. The number of ether oxygens (including phenoxy) is 3. The van der Waals surface area contributed by atoms with E-state index in [1.165, 1.54) is 18.4 Å². The highest BCUT2D eigenvalue weighted by Crippen LogP contribution is 2.22. The minimum Gasteiger partial charge on any atom is -0.463 e. The molecule has 1 aliphatic rings. The zero-order chi connectivity index (χ0) is 26.3. The number of unbranched alkanes of at least 4 members (excludes halogenated alkanes) is 6. The zero-order valence-electron chi connectivity index (χ0n) is 22.5. The quantitative estimate of drug-likeness (QED) is 0.104. The second-order valence-corrected chi connectivity index (χ2v) is 10.2. The van der Waals surface area contributed by atoms with Crippen LogP contribution in [0.15, 0.2) is 66.7 Å². The van der Waals surface area contributed by atoms with E-state index in [2.05, 4.69) is 24.3 Å². The topological polar surface area (TPSA) is 61.8 Å². The van der Waals surface area contributed by atoms with Gasteiger partial charge in [-0.2, -0.15) is 0 Å². The summed E-state index contributed by atoms with van der Waals surface area (Å²) in [5.41, 5.74) is 2.74. The number of benzene rings is 2. The summed E-state index contributed by atoms with van der Waals surface area (Å²) >= 11 is 0. The van der Waals surface area contributed by atoms with E-state index in [0.717, 1.165) is 56.1 Å². The number of carbonyl (C=O) groups excluding carboxylic acids is 2. The molecule has 0 radical (unpaired) electrons. The van der Waals surface area contributed by atoms with Crippen LogP contribution in [0.5, 0.6) is 0 Å². The van der Waals surface area contributed by atoms with Crippen LogP contribution in [0.25, 0.3) is 0 Å². The molecule has 0 unspecified atom stereocenters. The summed E-state index contributed by atoms with van der Waals surface area (Å²) in [6, 6.07) is 17.4. The normalized spacial score (nSPS) is 16.8. The van der Waals surface area contributed by atoms with Gasteiger partial charge in [0.15, 0.2) is 11.6 Å². The summed E-state index contributed by atoms with van der Waals surface area (Å²) in [6.45, 7) is 4.48. The summed E-state index contributed by atoms with van der Waals surface area (Å²) < 4.78 is 16.4. The summed E-state index contributed by atoms with van der Waals surface area (Å²) in [6.07, 6.45) is 14.7. The number of carbonyl (C=O) groups is 2. The van der Waals surface area contributed by atoms with Gasteiger partial charge in [0.1, 0.15) is 12.7 Å². The molecular weight excluding hydrogens is 464 g/mol. The molecule has 0 bridgehead atoms. The minimum absolute atomic E-state index is 0.0721. The lowest BCUT2D eigenvalue weighted by Crippen LogP contribution is -2.25. The van der Waals surface area contributed by atoms with Gasteiger partial charge in [0.25, 0.3) is 0 Å². The van der Waals surface area contributed by atoms with Crippen molar-refractivity contribution in [1.29, 1.82) is 0 Å². The van der Waals surface area contributed by atoms with Gasteiger partial charge < -0.3 is 14.2 Å². The molecule has 3 rings (SSSR count). The molecule has 5 heteroatoms. The van der Waals surface area contributed by atoms with Crippen LogP contribution in [0.3, 0.4) is 0 Å². The van der Waals surface area contributed by atoms with Crippen LogP contribution in [0, 0.1) is 0 Å². The lowest BCUT2D eigenvalue weighted by molar-refractivity contribution is -0.158. The molecule has 1 heterocycles. The largest absolute Gasteiger partial charge is 0.463 e. The zero-order valence-corrected chi connectivity index (χ0v) is 22.5. The Kier molecular flexibility index (Phi) is 12.1. The smallest absolute Gasteiger partial charge is 0.305 e. The van der Waals surface area contributed by atoms with Gasteiger partial charge in [-0.05, 0) is 57.9 Å². The fourth-order valence-corrected chi connectivity index (χ4v) is 4.40. The van der Waals surface area contributed by atoms with Gasteiger partial charge in [-0.25, -0.2) is 0 Å². The van der Waals surface area contributed by atoms with Crippen LogP contribution in [0.2, 0.25) is 0 Å². The van der Waals surface area contributed by atoms with Gasteiger partial charge in [-0.1, -0.05) is 86.0 Å². The molecule has 0 amide bonds. The summed E-state index contributed by atoms with van der Waals surface area (Å²) in [4.78, 5) is 24.4. The molecule has 2 aromatic carbocycles. The van der Waals surface area contributed by atoms with Crippen molar-refractivity contribution in [3.8, 4) is 0 Å². The molecule has 1 aliphatic heterocycles. The monoisotopic (exact) mass is 506 g/mol. The van der Waals surface area contributed by atoms with E-state index in [-0.39, 0.29) is 24.5 Å². The van der Waals surface area contributed by atoms with Crippen LogP contribution in [-0.2, 0) is 25.4 Å². The molecular formula is C32H42O5. The number of ketones is 1. The number of allylic oxidation sites excluding steroid dienone is 2. The van der Waals surface area contributed by atoms with E-state index < -0.39 is 5.79 Å². The van der Waals surface area contributed by atoms with Crippen molar-refractivity contribution in [1.82, 2.24) is 0 Å². The Morgan fingerprint density at radius 3 is 2.22 bits per heavy atom. The van der Waals surface area contributed by atoms with Crippen LogP contribution in [-0.4, -0.2) is 36.9 Å². The number of hydrogen-bond acceptors (Lipinski definition) is 5. The van der Waals surface area contributed by atoms with E-state index in [4.69, 9.17) is 14.2 Å². The molecule has 0 N–H and O–H groups in total. The molecule has 5 nitrogen and oxygen atoms in total. The predicted molar refractivity (Wildman–Crippen MR) is 147 cm³/mol. The Morgan fingerprint density at radius 1 is 0.865 bits per heavy atom. The number of esters is 1. The molecule has 0 aromatic heterocycles. The van der Waals surface area contributed by atoms with E-state index in [1.54, 1.807) is 0 Å². The maximum absolute atomic E-state index is 12.5. The fraction of sp³-hybridized carbons (Fsp3) is 0.500. The van der Waals surface area contributed by atoms with Gasteiger partial charge in [-0.3, -0.25) is 9.59 Å². The first-order valence-corrected chi connectivity index (χ1v) is 13.7. The number of aryl methyl sites for hydroxylation is 1. The minimum atomic E-state index is -0.578. The Morgan fingerprint density at radius 2 is 1.51 bits per heavy atom. The molecule has 1 atom stereocenters. The van der Waals surface area contributed by atoms with Gasteiger partial charge in [0, 0.05) is 17.5 Å².